The van der Waals surface area contributed by atoms with Crippen molar-refractivity contribution in [3.05, 3.63) is 53.0 Å². The number of nitrogens with one attached hydrogen (secondary N) is 1. The highest BCUT2D eigenvalue weighted by Crippen LogP contribution is 2.24. The maximum Gasteiger partial charge on any atom is 0.238 e. The maximum atomic E-state index is 12.0. The third-order valence-electron chi connectivity index (χ3n) is 3.39. The van der Waals surface area contributed by atoms with E-state index in [0.29, 0.717) is 24.5 Å². The van der Waals surface area contributed by atoms with E-state index < -0.39 is 0 Å². The van der Waals surface area contributed by atoms with Gasteiger partial charge in [-0.1, -0.05) is 15.9 Å². The summed E-state index contributed by atoms with van der Waals surface area (Å²) in [6.45, 7) is 0.672. The number of aliphatic hydroxyl groups is 2. The van der Waals surface area contributed by atoms with Crippen molar-refractivity contribution in [1.82, 2.24) is 4.90 Å². The lowest BCUT2D eigenvalue weighted by atomic mass is 10.3. The Labute approximate surface area is 155 Å². The molecule has 0 atom stereocenters. The van der Waals surface area contributed by atoms with Crippen LogP contribution in [0.2, 0.25) is 0 Å². The summed E-state index contributed by atoms with van der Waals surface area (Å²) < 4.78 is 6.71. The average molecular weight is 409 g/mol. The van der Waals surface area contributed by atoms with Crippen LogP contribution in [-0.4, -0.2) is 53.9 Å². The van der Waals surface area contributed by atoms with Gasteiger partial charge in [-0.3, -0.25) is 9.69 Å². The van der Waals surface area contributed by atoms with E-state index in [9.17, 15) is 4.79 Å². The number of benzene rings is 2. The van der Waals surface area contributed by atoms with Crippen LogP contribution in [0.3, 0.4) is 0 Å². The van der Waals surface area contributed by atoms with Crippen molar-refractivity contribution in [1.29, 1.82) is 0 Å². The molecular weight excluding hydrogens is 388 g/mol. The lowest BCUT2D eigenvalue weighted by Gasteiger charge is -2.19. The standard InChI is InChI=1S/C18H21BrN2O4/c19-14-1-5-16(6-2-14)25-17-7-3-15(4-8-17)20-18(24)13-21(9-11-22)10-12-23/h1-8,22-23H,9-13H2,(H,20,24). The number of rotatable bonds is 9. The Kier molecular flexibility index (Phi) is 7.87. The predicted octanol–water partition coefficient (Wildman–Crippen LogP) is 2.47. The number of ether oxygens (including phenoxy) is 1. The van der Waals surface area contributed by atoms with Gasteiger partial charge in [0, 0.05) is 23.2 Å². The smallest absolute Gasteiger partial charge is 0.238 e. The minimum Gasteiger partial charge on any atom is -0.457 e. The first kappa shape index (κ1) is 19.4. The van der Waals surface area contributed by atoms with Crippen LogP contribution in [0.4, 0.5) is 5.69 Å². The molecule has 6 nitrogen and oxygen atoms in total. The van der Waals surface area contributed by atoms with E-state index in [1.54, 1.807) is 29.2 Å². The van der Waals surface area contributed by atoms with Crippen LogP contribution in [0.5, 0.6) is 11.5 Å². The molecule has 0 unspecified atom stereocenters. The topological polar surface area (TPSA) is 82.0 Å². The fraction of sp³-hybridized carbons (Fsp3) is 0.278. The Hall–Kier alpha value is -1.93. The Morgan fingerprint density at radius 2 is 1.48 bits per heavy atom. The molecule has 0 aliphatic carbocycles. The monoisotopic (exact) mass is 408 g/mol. The van der Waals surface area contributed by atoms with Gasteiger partial charge in [-0.25, -0.2) is 0 Å². The summed E-state index contributed by atoms with van der Waals surface area (Å²) in [7, 11) is 0. The number of hydrogen-bond donors (Lipinski definition) is 3. The first-order valence-corrected chi connectivity index (χ1v) is 8.67. The van der Waals surface area contributed by atoms with Gasteiger partial charge in [0.15, 0.2) is 0 Å². The number of amides is 1. The Morgan fingerprint density at radius 3 is 2.00 bits per heavy atom. The molecule has 0 saturated heterocycles. The number of halogens is 1. The molecule has 0 aromatic heterocycles. The zero-order valence-electron chi connectivity index (χ0n) is 13.7. The molecule has 0 saturated carbocycles. The summed E-state index contributed by atoms with van der Waals surface area (Å²) >= 11 is 3.37. The van der Waals surface area contributed by atoms with Gasteiger partial charge in [0.25, 0.3) is 0 Å². The number of nitrogens with zero attached hydrogens (tertiary/aromatic N) is 1. The number of aliphatic hydroxyl groups excluding tert-OH is 2. The van der Waals surface area contributed by atoms with Crippen LogP contribution in [0.1, 0.15) is 0 Å². The molecule has 0 bridgehead atoms. The molecule has 3 N–H and O–H groups in total. The van der Waals surface area contributed by atoms with E-state index in [1.807, 2.05) is 24.3 Å². The minimum absolute atomic E-state index is 0.0601. The summed E-state index contributed by atoms with van der Waals surface area (Å²) in [4.78, 5) is 13.7. The minimum atomic E-state index is -0.205. The van der Waals surface area contributed by atoms with Crippen molar-refractivity contribution in [2.75, 3.05) is 38.2 Å². The van der Waals surface area contributed by atoms with Crippen molar-refractivity contribution >= 4 is 27.5 Å². The van der Waals surface area contributed by atoms with E-state index in [4.69, 9.17) is 14.9 Å². The van der Waals surface area contributed by atoms with Gasteiger partial charge in [0.1, 0.15) is 11.5 Å². The van der Waals surface area contributed by atoms with Gasteiger partial charge in [-0.05, 0) is 48.5 Å². The molecule has 7 heteroatoms. The zero-order valence-corrected chi connectivity index (χ0v) is 15.3. The fourth-order valence-corrected chi connectivity index (χ4v) is 2.47. The zero-order chi connectivity index (χ0) is 18.1. The summed E-state index contributed by atoms with van der Waals surface area (Å²) in [5.41, 5.74) is 0.654. The van der Waals surface area contributed by atoms with E-state index in [0.717, 1.165) is 10.2 Å². The SMILES string of the molecule is O=C(CN(CCO)CCO)Nc1ccc(Oc2ccc(Br)cc2)cc1. The second kappa shape index (κ2) is 10.1. The molecule has 2 rings (SSSR count). The molecular formula is C18H21BrN2O4. The van der Waals surface area contributed by atoms with Crippen molar-refractivity contribution in [3.63, 3.8) is 0 Å². The van der Waals surface area contributed by atoms with Crippen LogP contribution in [0.25, 0.3) is 0 Å². The van der Waals surface area contributed by atoms with Gasteiger partial charge >= 0.3 is 0 Å². The van der Waals surface area contributed by atoms with E-state index in [2.05, 4.69) is 21.2 Å². The van der Waals surface area contributed by atoms with Gasteiger partial charge in [0.05, 0.1) is 19.8 Å². The van der Waals surface area contributed by atoms with Crippen LogP contribution >= 0.6 is 15.9 Å². The summed E-state index contributed by atoms with van der Waals surface area (Å²) in [5.74, 6) is 1.19. The highest BCUT2D eigenvalue weighted by Gasteiger charge is 2.10. The molecule has 2 aromatic carbocycles. The largest absolute Gasteiger partial charge is 0.457 e. The lowest BCUT2D eigenvalue weighted by Crippen LogP contribution is -2.37. The summed E-state index contributed by atoms with van der Waals surface area (Å²) in [6, 6.07) is 14.6. The highest BCUT2D eigenvalue weighted by atomic mass is 79.9. The van der Waals surface area contributed by atoms with Crippen molar-refractivity contribution < 1.29 is 19.7 Å². The third-order valence-corrected chi connectivity index (χ3v) is 3.92. The molecule has 0 fully saturated rings. The van der Waals surface area contributed by atoms with E-state index in [-0.39, 0.29) is 25.7 Å². The van der Waals surface area contributed by atoms with Crippen LogP contribution in [0, 0.1) is 0 Å². The molecule has 25 heavy (non-hydrogen) atoms. The van der Waals surface area contributed by atoms with E-state index >= 15 is 0 Å². The van der Waals surface area contributed by atoms with Gasteiger partial charge in [-0.2, -0.15) is 0 Å². The Bertz CT molecular complexity index is 656. The summed E-state index contributed by atoms with van der Waals surface area (Å²) in [6.07, 6.45) is 0. The first-order chi connectivity index (χ1) is 12.1. The Morgan fingerprint density at radius 1 is 0.960 bits per heavy atom. The van der Waals surface area contributed by atoms with Crippen molar-refractivity contribution in [2.24, 2.45) is 0 Å². The van der Waals surface area contributed by atoms with Crippen molar-refractivity contribution in [3.8, 4) is 11.5 Å². The molecule has 0 aliphatic heterocycles. The summed E-state index contributed by atoms with van der Waals surface area (Å²) in [5, 5.41) is 20.7. The van der Waals surface area contributed by atoms with Crippen molar-refractivity contribution in [2.45, 2.75) is 0 Å². The lowest BCUT2D eigenvalue weighted by molar-refractivity contribution is -0.117. The quantitative estimate of drug-likeness (QED) is 0.593. The molecule has 134 valence electrons. The van der Waals surface area contributed by atoms with Crippen LogP contribution in [0.15, 0.2) is 53.0 Å². The third kappa shape index (κ3) is 6.83. The van der Waals surface area contributed by atoms with Crippen LogP contribution in [-0.2, 0) is 4.79 Å². The number of hydrogen-bond acceptors (Lipinski definition) is 5. The average Bonchev–Trinajstić information content (AvgIpc) is 2.59. The maximum absolute atomic E-state index is 12.0. The molecule has 0 aliphatic rings. The molecule has 2 aromatic rings. The van der Waals surface area contributed by atoms with Gasteiger partial charge < -0.3 is 20.3 Å². The first-order valence-electron chi connectivity index (χ1n) is 7.88. The van der Waals surface area contributed by atoms with Gasteiger partial charge in [0.2, 0.25) is 5.91 Å². The molecule has 0 heterocycles. The predicted molar refractivity (Wildman–Crippen MR) is 99.9 cm³/mol. The molecule has 1 amide bonds. The normalized spacial score (nSPS) is 10.7. The Balaban J connectivity index is 1.88. The van der Waals surface area contributed by atoms with Gasteiger partial charge in [-0.15, -0.1) is 0 Å². The molecule has 0 radical (unpaired) electrons. The highest BCUT2D eigenvalue weighted by molar-refractivity contribution is 9.10. The number of carbonyl (C=O) groups is 1. The second-order valence-electron chi connectivity index (χ2n) is 5.35. The number of carbonyl (C=O) groups excluding carboxylic acids is 1. The second-order valence-corrected chi connectivity index (χ2v) is 6.27. The fourth-order valence-electron chi connectivity index (χ4n) is 2.20. The van der Waals surface area contributed by atoms with E-state index in [1.165, 1.54) is 0 Å². The molecule has 0 spiro atoms. The van der Waals surface area contributed by atoms with Crippen LogP contribution < -0.4 is 10.1 Å². The number of anilines is 1.